The maximum atomic E-state index is 12.0. The van der Waals surface area contributed by atoms with Gasteiger partial charge in [-0.05, 0) is 56.3 Å². The highest BCUT2D eigenvalue weighted by molar-refractivity contribution is 6.39. The molecule has 0 spiro atoms. The lowest BCUT2D eigenvalue weighted by Gasteiger charge is -2.09. The van der Waals surface area contributed by atoms with E-state index >= 15 is 0 Å². The van der Waals surface area contributed by atoms with E-state index in [0.29, 0.717) is 11.3 Å². The van der Waals surface area contributed by atoms with Crippen LogP contribution >= 0.6 is 0 Å². The van der Waals surface area contributed by atoms with Crippen molar-refractivity contribution in [2.24, 2.45) is 5.10 Å². The molecule has 0 aliphatic heterocycles. The number of aromatic nitrogens is 1. The first-order valence-electron chi connectivity index (χ1n) is 9.48. The predicted molar refractivity (Wildman–Crippen MR) is 117 cm³/mol. The molecule has 0 aliphatic rings. The molecular weight excluding hydrogens is 396 g/mol. The van der Waals surface area contributed by atoms with Crippen molar-refractivity contribution in [3.8, 4) is 5.69 Å². The summed E-state index contributed by atoms with van der Waals surface area (Å²) in [5.41, 5.74) is 6.74. The van der Waals surface area contributed by atoms with E-state index in [4.69, 9.17) is 0 Å². The van der Waals surface area contributed by atoms with Crippen molar-refractivity contribution in [1.29, 1.82) is 0 Å². The van der Waals surface area contributed by atoms with E-state index < -0.39 is 17.8 Å². The minimum atomic E-state index is -0.912. The summed E-state index contributed by atoms with van der Waals surface area (Å²) < 4.78 is 6.69. The number of methoxy groups -OCH3 is 1. The van der Waals surface area contributed by atoms with Crippen LogP contribution in [0.3, 0.4) is 0 Å². The van der Waals surface area contributed by atoms with Crippen molar-refractivity contribution >= 4 is 29.7 Å². The fourth-order valence-electron chi connectivity index (χ4n) is 3.10. The van der Waals surface area contributed by atoms with Crippen LogP contribution in [0.15, 0.2) is 65.8 Å². The summed E-state index contributed by atoms with van der Waals surface area (Å²) >= 11 is 0. The van der Waals surface area contributed by atoms with Crippen LogP contribution in [-0.4, -0.2) is 35.7 Å². The van der Waals surface area contributed by atoms with Gasteiger partial charge in [0.15, 0.2) is 0 Å². The number of esters is 1. The first-order valence-corrected chi connectivity index (χ1v) is 9.48. The van der Waals surface area contributed by atoms with Gasteiger partial charge >= 0.3 is 17.8 Å². The molecule has 2 amide bonds. The van der Waals surface area contributed by atoms with Crippen LogP contribution in [0.5, 0.6) is 0 Å². The van der Waals surface area contributed by atoms with E-state index in [1.165, 1.54) is 37.6 Å². The number of ether oxygens (including phenoxy) is 1. The number of hydrogen-bond acceptors (Lipinski definition) is 5. The van der Waals surface area contributed by atoms with Crippen molar-refractivity contribution < 1.29 is 19.1 Å². The number of rotatable bonds is 5. The molecule has 0 atom stereocenters. The van der Waals surface area contributed by atoms with Crippen molar-refractivity contribution in [2.45, 2.75) is 13.8 Å². The molecule has 158 valence electrons. The molecular formula is C23H22N4O4. The molecule has 0 aliphatic carbocycles. The number of aryl methyl sites for hydroxylation is 1. The molecule has 3 aromatic rings. The first kappa shape index (κ1) is 21.5. The summed E-state index contributed by atoms with van der Waals surface area (Å²) in [4.78, 5) is 35.5. The number of hydrogen-bond donors (Lipinski definition) is 2. The summed E-state index contributed by atoms with van der Waals surface area (Å²) in [6.07, 6.45) is 1.50. The Morgan fingerprint density at radius 3 is 2.29 bits per heavy atom. The van der Waals surface area contributed by atoms with Crippen LogP contribution in [0.2, 0.25) is 0 Å². The maximum Gasteiger partial charge on any atom is 0.337 e. The normalized spacial score (nSPS) is 10.7. The highest BCUT2D eigenvalue weighted by atomic mass is 16.5. The number of nitrogens with one attached hydrogen (secondary N) is 2. The quantitative estimate of drug-likeness (QED) is 0.288. The number of anilines is 1. The fraction of sp³-hybridized carbons (Fsp3) is 0.130. The van der Waals surface area contributed by atoms with Gasteiger partial charge in [-0.2, -0.15) is 5.10 Å². The van der Waals surface area contributed by atoms with Gasteiger partial charge in [0.25, 0.3) is 0 Å². The molecule has 31 heavy (non-hydrogen) atoms. The van der Waals surface area contributed by atoms with Gasteiger partial charge in [-0.25, -0.2) is 10.2 Å². The van der Waals surface area contributed by atoms with E-state index in [2.05, 4.69) is 25.1 Å². The Labute approximate surface area is 179 Å². The zero-order valence-corrected chi connectivity index (χ0v) is 17.4. The second-order valence-electron chi connectivity index (χ2n) is 6.72. The maximum absolute atomic E-state index is 12.0. The minimum Gasteiger partial charge on any atom is -0.465 e. The molecule has 2 aromatic carbocycles. The van der Waals surface area contributed by atoms with Crippen LogP contribution in [0.1, 0.15) is 27.3 Å². The predicted octanol–water partition coefficient (Wildman–Crippen LogP) is 2.97. The number of amides is 2. The lowest BCUT2D eigenvalue weighted by molar-refractivity contribution is -0.136. The van der Waals surface area contributed by atoms with Gasteiger partial charge in [-0.15, -0.1) is 0 Å². The molecule has 0 saturated carbocycles. The Bertz CT molecular complexity index is 1130. The molecule has 8 nitrogen and oxygen atoms in total. The molecule has 1 aromatic heterocycles. The Hall–Kier alpha value is -4.20. The standard InChI is InChI=1S/C23H22N4O4/c1-15-13-18(16(2)27(15)20-7-5-4-6-8-20)14-24-26-22(29)21(28)25-19-11-9-17(10-12-19)23(30)31-3/h4-14H,1-3H3,(H,25,28)(H,26,29)/b24-14+. The van der Waals surface area contributed by atoms with Gasteiger partial charge < -0.3 is 14.6 Å². The summed E-state index contributed by atoms with van der Waals surface area (Å²) in [6.45, 7) is 3.93. The van der Waals surface area contributed by atoms with Crippen LogP contribution < -0.4 is 10.7 Å². The zero-order valence-electron chi connectivity index (χ0n) is 17.4. The topological polar surface area (TPSA) is 102 Å². The molecule has 0 radical (unpaired) electrons. The minimum absolute atomic E-state index is 0.336. The highest BCUT2D eigenvalue weighted by Gasteiger charge is 2.14. The van der Waals surface area contributed by atoms with Crippen LogP contribution in [-0.2, 0) is 14.3 Å². The van der Waals surface area contributed by atoms with Gasteiger partial charge in [0.05, 0.1) is 18.9 Å². The second-order valence-corrected chi connectivity index (χ2v) is 6.72. The van der Waals surface area contributed by atoms with Gasteiger partial charge in [0.1, 0.15) is 0 Å². The Balaban J connectivity index is 1.61. The average Bonchev–Trinajstić information content (AvgIpc) is 3.07. The lowest BCUT2D eigenvalue weighted by atomic mass is 10.2. The second kappa shape index (κ2) is 9.53. The van der Waals surface area contributed by atoms with Gasteiger partial charge in [0, 0.05) is 28.3 Å². The SMILES string of the molecule is COC(=O)c1ccc(NC(=O)C(=O)N/N=C/c2cc(C)n(-c3ccccc3)c2C)cc1. The Kier molecular flexibility index (Phi) is 6.61. The molecule has 1 heterocycles. The first-order chi connectivity index (χ1) is 14.9. The summed E-state index contributed by atoms with van der Waals surface area (Å²) in [6, 6.07) is 17.8. The van der Waals surface area contributed by atoms with Crippen molar-refractivity contribution in [2.75, 3.05) is 12.4 Å². The number of benzene rings is 2. The van der Waals surface area contributed by atoms with E-state index in [0.717, 1.165) is 22.6 Å². The number of nitrogens with zero attached hydrogens (tertiary/aromatic N) is 2. The number of para-hydroxylation sites is 1. The summed E-state index contributed by atoms with van der Waals surface area (Å²) in [5.74, 6) is -2.28. The van der Waals surface area contributed by atoms with Crippen molar-refractivity contribution in [3.05, 3.63) is 83.2 Å². The van der Waals surface area contributed by atoms with Gasteiger partial charge in [-0.1, -0.05) is 18.2 Å². The van der Waals surface area contributed by atoms with Gasteiger partial charge in [-0.3, -0.25) is 9.59 Å². The average molecular weight is 418 g/mol. The van der Waals surface area contributed by atoms with Crippen molar-refractivity contribution in [3.63, 3.8) is 0 Å². The van der Waals surface area contributed by atoms with Crippen LogP contribution in [0.25, 0.3) is 5.69 Å². The largest absolute Gasteiger partial charge is 0.465 e. The van der Waals surface area contributed by atoms with E-state index in [1.807, 2.05) is 50.2 Å². The van der Waals surface area contributed by atoms with E-state index in [9.17, 15) is 14.4 Å². The molecule has 0 bridgehead atoms. The Morgan fingerprint density at radius 2 is 1.65 bits per heavy atom. The zero-order chi connectivity index (χ0) is 22.4. The highest BCUT2D eigenvalue weighted by Crippen LogP contribution is 2.19. The van der Waals surface area contributed by atoms with E-state index in [-0.39, 0.29) is 0 Å². The number of carbonyl (C=O) groups excluding carboxylic acids is 3. The summed E-state index contributed by atoms with van der Waals surface area (Å²) in [7, 11) is 1.28. The van der Waals surface area contributed by atoms with Crippen LogP contribution in [0, 0.1) is 13.8 Å². The van der Waals surface area contributed by atoms with Crippen molar-refractivity contribution in [1.82, 2.24) is 9.99 Å². The molecule has 0 fully saturated rings. The molecule has 0 saturated heterocycles. The van der Waals surface area contributed by atoms with Crippen LogP contribution in [0.4, 0.5) is 5.69 Å². The molecule has 8 heteroatoms. The molecule has 0 unspecified atom stereocenters. The lowest BCUT2D eigenvalue weighted by Crippen LogP contribution is -2.32. The van der Waals surface area contributed by atoms with E-state index in [1.54, 1.807) is 0 Å². The molecule has 3 rings (SSSR count). The fourth-order valence-corrected chi connectivity index (χ4v) is 3.10. The molecule has 2 N–H and O–H groups in total. The smallest absolute Gasteiger partial charge is 0.337 e. The summed E-state index contributed by atoms with van der Waals surface area (Å²) in [5, 5.41) is 6.34. The Morgan fingerprint density at radius 1 is 0.968 bits per heavy atom. The third-order valence-electron chi connectivity index (χ3n) is 4.62. The third kappa shape index (κ3) is 5.05. The number of hydrazone groups is 1. The third-order valence-corrected chi connectivity index (χ3v) is 4.62. The number of carbonyl (C=O) groups is 3. The van der Waals surface area contributed by atoms with Gasteiger partial charge in [0.2, 0.25) is 0 Å². The monoisotopic (exact) mass is 418 g/mol.